The van der Waals surface area contributed by atoms with Gasteiger partial charge >= 0.3 is 0 Å². The molecule has 0 aromatic heterocycles. The minimum Gasteiger partial charge on any atom is -0.327 e. The van der Waals surface area contributed by atoms with E-state index in [2.05, 4.69) is 0 Å². The Balaban J connectivity index is 0.000000980. The molecule has 0 aromatic carbocycles. The van der Waals surface area contributed by atoms with Gasteiger partial charge in [0.1, 0.15) is 0 Å². The molecule has 2 rings (SSSR count). The lowest BCUT2D eigenvalue weighted by atomic mass is 10.1. The third-order valence-corrected chi connectivity index (χ3v) is 5.09. The molecule has 0 amide bonds. The van der Waals surface area contributed by atoms with E-state index in [9.17, 15) is 8.42 Å². The highest BCUT2D eigenvalue weighted by Crippen LogP contribution is 2.32. The number of sulfonamides is 1. The van der Waals surface area contributed by atoms with Gasteiger partial charge in [0, 0.05) is 19.1 Å². The van der Waals surface area contributed by atoms with Gasteiger partial charge in [-0.15, -0.1) is 12.4 Å². The average molecular weight is 241 g/mol. The molecule has 6 heteroatoms. The molecule has 0 bridgehead atoms. The Bertz CT molecular complexity index is 290. The van der Waals surface area contributed by atoms with Crippen molar-refractivity contribution in [2.24, 2.45) is 5.73 Å². The topological polar surface area (TPSA) is 63.4 Å². The minimum atomic E-state index is -2.97. The second-order valence-corrected chi connectivity index (χ2v) is 6.22. The van der Waals surface area contributed by atoms with E-state index >= 15 is 0 Å². The zero-order valence-corrected chi connectivity index (χ0v) is 9.69. The molecule has 0 unspecified atom stereocenters. The van der Waals surface area contributed by atoms with Crippen LogP contribution in [-0.4, -0.2) is 37.1 Å². The lowest BCUT2D eigenvalue weighted by Crippen LogP contribution is -2.46. The van der Waals surface area contributed by atoms with Crippen molar-refractivity contribution in [3.05, 3.63) is 0 Å². The normalized spacial score (nSPS) is 29.6. The Labute approximate surface area is 91.3 Å². The van der Waals surface area contributed by atoms with Gasteiger partial charge in [0.05, 0.1) is 5.25 Å². The van der Waals surface area contributed by atoms with Crippen LogP contribution in [0, 0.1) is 0 Å². The Morgan fingerprint density at radius 1 is 1.21 bits per heavy atom. The van der Waals surface area contributed by atoms with Crippen molar-refractivity contribution in [1.29, 1.82) is 0 Å². The third kappa shape index (κ3) is 2.39. The second kappa shape index (κ2) is 4.35. The smallest absolute Gasteiger partial charge is 0.217 e. The van der Waals surface area contributed by atoms with E-state index in [-0.39, 0.29) is 23.7 Å². The van der Waals surface area contributed by atoms with Gasteiger partial charge in [-0.25, -0.2) is 12.7 Å². The fourth-order valence-electron chi connectivity index (χ4n) is 1.78. The molecule has 4 nitrogen and oxygen atoms in total. The van der Waals surface area contributed by atoms with E-state index in [0.717, 1.165) is 25.7 Å². The van der Waals surface area contributed by atoms with Crippen LogP contribution in [0.25, 0.3) is 0 Å². The average Bonchev–Trinajstić information content (AvgIpc) is 2.86. The number of rotatable bonds is 2. The first-order chi connectivity index (χ1) is 6.10. The zero-order chi connectivity index (χ0) is 9.47. The maximum absolute atomic E-state index is 11.8. The van der Waals surface area contributed by atoms with Crippen LogP contribution >= 0.6 is 12.4 Å². The van der Waals surface area contributed by atoms with Crippen molar-refractivity contribution >= 4 is 22.4 Å². The van der Waals surface area contributed by atoms with E-state index in [1.54, 1.807) is 4.31 Å². The molecule has 14 heavy (non-hydrogen) atoms. The van der Waals surface area contributed by atoms with Crippen LogP contribution in [0.15, 0.2) is 0 Å². The van der Waals surface area contributed by atoms with E-state index in [0.29, 0.717) is 13.1 Å². The minimum absolute atomic E-state index is 0. The summed E-state index contributed by atoms with van der Waals surface area (Å²) in [6, 6.07) is 0.0438. The molecule has 0 radical (unpaired) electrons. The Kier molecular flexibility index (Phi) is 3.80. The van der Waals surface area contributed by atoms with Crippen LogP contribution in [0.5, 0.6) is 0 Å². The highest BCUT2D eigenvalue weighted by atomic mass is 35.5. The number of hydrogen-bond donors (Lipinski definition) is 1. The second-order valence-electron chi connectivity index (χ2n) is 4.00. The number of nitrogens with zero attached hydrogens (tertiary/aromatic N) is 1. The molecule has 1 saturated heterocycles. The first-order valence-corrected chi connectivity index (χ1v) is 6.35. The molecule has 0 aromatic rings. The van der Waals surface area contributed by atoms with E-state index in [4.69, 9.17) is 5.73 Å². The molecule has 1 aliphatic carbocycles. The van der Waals surface area contributed by atoms with Gasteiger partial charge in [-0.2, -0.15) is 0 Å². The van der Waals surface area contributed by atoms with Crippen molar-refractivity contribution < 1.29 is 8.42 Å². The number of halogens is 1. The van der Waals surface area contributed by atoms with Crippen LogP contribution in [0.3, 0.4) is 0 Å². The molecule has 0 spiro atoms. The summed E-state index contributed by atoms with van der Waals surface area (Å²) in [5.74, 6) is 0. The van der Waals surface area contributed by atoms with Crippen molar-refractivity contribution in [1.82, 2.24) is 4.31 Å². The van der Waals surface area contributed by atoms with Gasteiger partial charge in [0.15, 0.2) is 0 Å². The highest BCUT2D eigenvalue weighted by Gasteiger charge is 2.41. The summed E-state index contributed by atoms with van der Waals surface area (Å²) in [5, 5.41) is -0.0854. The first kappa shape index (κ1) is 12.2. The van der Waals surface area contributed by atoms with Crippen LogP contribution in [0.4, 0.5) is 0 Å². The van der Waals surface area contributed by atoms with Crippen LogP contribution in [0.2, 0.25) is 0 Å². The van der Waals surface area contributed by atoms with Crippen LogP contribution in [-0.2, 0) is 10.0 Å². The fraction of sp³-hybridized carbons (Fsp3) is 1.00. The predicted octanol–water partition coefficient (Wildman–Crippen LogP) is 0.324. The van der Waals surface area contributed by atoms with Crippen molar-refractivity contribution in [2.45, 2.75) is 37.0 Å². The predicted molar refractivity (Wildman–Crippen MR) is 58.0 cm³/mol. The largest absolute Gasteiger partial charge is 0.327 e. The zero-order valence-electron chi connectivity index (χ0n) is 8.05. The Morgan fingerprint density at radius 3 is 2.36 bits per heavy atom. The fourth-order valence-corrected chi connectivity index (χ4v) is 3.72. The molecular weight excluding hydrogens is 224 g/mol. The molecule has 2 fully saturated rings. The molecule has 2 N–H and O–H groups in total. The molecule has 84 valence electrons. The summed E-state index contributed by atoms with van der Waals surface area (Å²) in [4.78, 5) is 0. The standard InChI is InChI=1S/C8H16N2O2S.ClH/c9-7-2-1-5-10(6-7)13(11,12)8-3-4-8;/h7-8H,1-6,9H2;1H/t7-;/m1./s1. The first-order valence-electron chi connectivity index (χ1n) is 4.85. The molecular formula is C8H17ClN2O2S. The van der Waals surface area contributed by atoms with Gasteiger partial charge < -0.3 is 5.73 Å². The number of nitrogens with two attached hydrogens (primary N) is 1. The number of piperidine rings is 1. The highest BCUT2D eigenvalue weighted by molar-refractivity contribution is 7.90. The van der Waals surface area contributed by atoms with Gasteiger partial charge in [-0.3, -0.25) is 0 Å². The Morgan fingerprint density at radius 2 is 1.86 bits per heavy atom. The summed E-state index contributed by atoms with van der Waals surface area (Å²) >= 11 is 0. The van der Waals surface area contributed by atoms with E-state index < -0.39 is 10.0 Å². The SMILES string of the molecule is Cl.N[C@@H]1CCCN(S(=O)(=O)C2CC2)C1. The summed E-state index contributed by atoms with van der Waals surface area (Å²) < 4.78 is 25.1. The summed E-state index contributed by atoms with van der Waals surface area (Å²) in [7, 11) is -2.97. The van der Waals surface area contributed by atoms with Crippen molar-refractivity contribution in [2.75, 3.05) is 13.1 Å². The summed E-state index contributed by atoms with van der Waals surface area (Å²) in [6.07, 6.45) is 3.55. The van der Waals surface area contributed by atoms with Crippen molar-refractivity contribution in [3.63, 3.8) is 0 Å². The lowest BCUT2D eigenvalue weighted by Gasteiger charge is -2.29. The molecule has 1 saturated carbocycles. The number of hydrogen-bond acceptors (Lipinski definition) is 3. The third-order valence-electron chi connectivity index (χ3n) is 2.73. The van der Waals surface area contributed by atoms with Crippen molar-refractivity contribution in [3.8, 4) is 0 Å². The molecule has 2 aliphatic rings. The van der Waals surface area contributed by atoms with Crippen LogP contribution in [0.1, 0.15) is 25.7 Å². The van der Waals surface area contributed by atoms with Gasteiger partial charge in [0.2, 0.25) is 10.0 Å². The molecule has 1 heterocycles. The monoisotopic (exact) mass is 240 g/mol. The molecule has 1 aliphatic heterocycles. The lowest BCUT2D eigenvalue weighted by molar-refractivity contribution is 0.315. The maximum Gasteiger partial charge on any atom is 0.217 e. The van der Waals surface area contributed by atoms with Gasteiger partial charge in [-0.1, -0.05) is 0 Å². The summed E-state index contributed by atoms with van der Waals surface area (Å²) in [5.41, 5.74) is 5.74. The Hall–Kier alpha value is 0.160. The maximum atomic E-state index is 11.8. The van der Waals surface area contributed by atoms with Gasteiger partial charge in [-0.05, 0) is 25.7 Å². The quantitative estimate of drug-likeness (QED) is 0.756. The summed E-state index contributed by atoms with van der Waals surface area (Å²) in [6.45, 7) is 1.20. The van der Waals surface area contributed by atoms with E-state index in [1.807, 2.05) is 0 Å². The van der Waals surface area contributed by atoms with E-state index in [1.165, 1.54) is 0 Å². The van der Waals surface area contributed by atoms with Gasteiger partial charge in [0.25, 0.3) is 0 Å². The molecule has 1 atom stereocenters. The van der Waals surface area contributed by atoms with Crippen LogP contribution < -0.4 is 5.73 Å².